The van der Waals surface area contributed by atoms with Gasteiger partial charge < -0.3 is 5.11 Å². The van der Waals surface area contributed by atoms with E-state index in [2.05, 4.69) is 0 Å². The number of hydrogen-bond acceptors (Lipinski definition) is 4. The highest BCUT2D eigenvalue weighted by Gasteiger charge is 2.79. The lowest BCUT2D eigenvalue weighted by molar-refractivity contribution is -0.144. The maximum atomic E-state index is 13.9. The summed E-state index contributed by atoms with van der Waals surface area (Å²) < 4.78 is 29.2. The minimum absolute atomic E-state index is 0.172. The van der Waals surface area contributed by atoms with Crippen molar-refractivity contribution in [1.82, 2.24) is 4.31 Å². The molecule has 8 heteroatoms. The van der Waals surface area contributed by atoms with Crippen molar-refractivity contribution < 1.29 is 18.3 Å². The summed E-state index contributed by atoms with van der Waals surface area (Å²) in [4.78, 5) is 12.6. The van der Waals surface area contributed by atoms with Crippen molar-refractivity contribution in [1.29, 1.82) is 0 Å². The van der Waals surface area contributed by atoms with E-state index in [1.54, 1.807) is 35.7 Å². The highest BCUT2D eigenvalue weighted by Crippen LogP contribution is 2.67. The van der Waals surface area contributed by atoms with Crippen molar-refractivity contribution in [2.45, 2.75) is 34.4 Å². The van der Waals surface area contributed by atoms with Gasteiger partial charge in [-0.2, -0.15) is 4.31 Å². The summed E-state index contributed by atoms with van der Waals surface area (Å²) in [5.41, 5.74) is 0.0476. The van der Waals surface area contributed by atoms with Crippen molar-refractivity contribution in [2.24, 2.45) is 0 Å². The lowest BCUT2D eigenvalue weighted by Gasteiger charge is -2.37. The van der Waals surface area contributed by atoms with Crippen LogP contribution >= 0.6 is 22.9 Å². The largest absolute Gasteiger partial charge is 0.480 e. The van der Waals surface area contributed by atoms with Crippen LogP contribution in [0.4, 0.5) is 0 Å². The fourth-order valence-electron chi connectivity index (χ4n) is 5.12. The molecule has 0 amide bonds. The topological polar surface area (TPSA) is 74.7 Å². The molecule has 2 aromatic carbocycles. The fraction of sp³-hybridized carbons (Fsp3) is 0.261. The van der Waals surface area contributed by atoms with Gasteiger partial charge in [0.05, 0.1) is 0 Å². The highest BCUT2D eigenvalue weighted by molar-refractivity contribution is 7.91. The van der Waals surface area contributed by atoms with Crippen molar-refractivity contribution in [3.63, 3.8) is 0 Å². The third-order valence-corrected chi connectivity index (χ3v) is 10.2. The average molecular weight is 474 g/mol. The number of carboxylic acids is 1. The quantitative estimate of drug-likeness (QED) is 0.564. The van der Waals surface area contributed by atoms with Crippen LogP contribution in [0.25, 0.3) is 11.1 Å². The van der Waals surface area contributed by atoms with Crippen LogP contribution in [0, 0.1) is 0 Å². The molecule has 160 valence electrons. The number of carboxylic acid groups (broad SMARTS) is 1. The molecule has 1 saturated heterocycles. The van der Waals surface area contributed by atoms with Crippen molar-refractivity contribution >= 4 is 38.9 Å². The molecule has 1 aliphatic carbocycles. The van der Waals surface area contributed by atoms with E-state index >= 15 is 0 Å². The number of sulfonamides is 1. The molecule has 2 unspecified atom stereocenters. The van der Waals surface area contributed by atoms with Crippen molar-refractivity contribution in [3.8, 4) is 11.1 Å². The second-order valence-corrected chi connectivity index (χ2v) is 11.5. The normalized spacial score (nSPS) is 25.7. The van der Waals surface area contributed by atoms with E-state index in [9.17, 15) is 18.3 Å². The first-order valence-electron chi connectivity index (χ1n) is 9.98. The SMILES string of the molecule is O=C(O)C12CC1(c1ccccc1)CCCN2S(=O)(=O)c1sccc1-c1ccc(Cl)cc1. The number of halogens is 1. The molecule has 0 bridgehead atoms. The molecule has 0 spiro atoms. The van der Waals surface area contributed by atoms with E-state index in [-0.39, 0.29) is 10.8 Å². The van der Waals surface area contributed by atoms with Crippen LogP contribution in [0.3, 0.4) is 0 Å². The van der Waals surface area contributed by atoms with Gasteiger partial charge in [-0.25, -0.2) is 8.42 Å². The Morgan fingerprint density at radius 3 is 2.45 bits per heavy atom. The zero-order chi connectivity index (χ0) is 21.9. The number of carbonyl (C=O) groups is 1. The van der Waals surface area contributed by atoms with Crippen LogP contribution in [0.5, 0.6) is 0 Å². The standard InChI is InChI=1S/C23H20ClNO4S2/c24-18-9-7-16(8-10-18)19-11-14-30-20(19)31(28,29)25-13-4-12-22(15-23(22,25)21(26)27)17-5-2-1-3-6-17/h1-3,5-11,14H,4,12-13,15H2,(H,26,27). The van der Waals surface area contributed by atoms with Crippen LogP contribution in [0.2, 0.25) is 5.02 Å². The minimum Gasteiger partial charge on any atom is -0.480 e. The molecule has 1 N–H and O–H groups in total. The predicted molar refractivity (Wildman–Crippen MR) is 121 cm³/mol. The number of hydrogen-bond donors (Lipinski definition) is 1. The van der Waals surface area contributed by atoms with Crippen molar-refractivity contribution in [2.75, 3.05) is 6.54 Å². The van der Waals surface area contributed by atoms with Crippen LogP contribution < -0.4 is 0 Å². The third-order valence-electron chi connectivity index (χ3n) is 6.60. The number of rotatable bonds is 5. The summed E-state index contributed by atoms with van der Waals surface area (Å²) in [7, 11) is -4.03. The maximum absolute atomic E-state index is 13.9. The van der Waals surface area contributed by atoms with Gasteiger partial charge in [-0.05, 0) is 54.0 Å². The Balaban J connectivity index is 1.61. The third kappa shape index (κ3) is 2.91. The number of fused-ring (bicyclic) bond motifs is 1. The lowest BCUT2D eigenvalue weighted by atomic mass is 9.83. The average Bonchev–Trinajstić information content (AvgIpc) is 3.26. The molecular weight excluding hydrogens is 454 g/mol. The van der Waals surface area contributed by atoms with E-state index in [0.717, 1.165) is 22.5 Å². The first-order valence-corrected chi connectivity index (χ1v) is 12.7. The summed E-state index contributed by atoms with van der Waals surface area (Å²) in [6, 6.07) is 18.2. The first-order chi connectivity index (χ1) is 14.8. The summed E-state index contributed by atoms with van der Waals surface area (Å²) in [6.45, 7) is 0.196. The molecule has 2 aliphatic rings. The van der Waals surface area contributed by atoms with E-state index in [0.29, 0.717) is 29.8 Å². The summed E-state index contributed by atoms with van der Waals surface area (Å²) in [5.74, 6) is -1.08. The molecule has 3 aromatic rings. The van der Waals surface area contributed by atoms with Gasteiger partial charge in [-0.3, -0.25) is 4.79 Å². The molecule has 2 heterocycles. The monoisotopic (exact) mass is 473 g/mol. The zero-order valence-electron chi connectivity index (χ0n) is 16.5. The first kappa shape index (κ1) is 20.7. The van der Waals surface area contributed by atoms with Gasteiger partial charge >= 0.3 is 5.97 Å². The Morgan fingerprint density at radius 2 is 1.77 bits per heavy atom. The molecule has 5 nitrogen and oxygen atoms in total. The van der Waals surface area contributed by atoms with Gasteiger partial charge in [0.2, 0.25) is 0 Å². The number of nitrogens with zero attached hydrogens (tertiary/aromatic N) is 1. The smallest absolute Gasteiger partial charge is 0.326 e. The molecule has 5 rings (SSSR count). The van der Waals surface area contributed by atoms with Gasteiger partial charge in [0.15, 0.2) is 0 Å². The second kappa shape index (κ2) is 7.17. The maximum Gasteiger partial charge on any atom is 0.326 e. The number of thiophene rings is 1. The van der Waals surface area contributed by atoms with Gasteiger partial charge in [0.1, 0.15) is 9.75 Å². The second-order valence-electron chi connectivity index (χ2n) is 8.10. The van der Waals surface area contributed by atoms with Crippen LogP contribution in [-0.4, -0.2) is 35.9 Å². The molecule has 31 heavy (non-hydrogen) atoms. The van der Waals surface area contributed by atoms with E-state index in [1.165, 1.54) is 4.31 Å². The Labute approximate surface area is 190 Å². The highest BCUT2D eigenvalue weighted by atomic mass is 35.5. The zero-order valence-corrected chi connectivity index (χ0v) is 18.9. The van der Waals surface area contributed by atoms with Crippen LogP contribution in [0.15, 0.2) is 70.3 Å². The number of benzene rings is 2. The van der Waals surface area contributed by atoms with Gasteiger partial charge in [0.25, 0.3) is 10.0 Å². The Kier molecular flexibility index (Phi) is 4.79. The summed E-state index contributed by atoms with van der Waals surface area (Å²) in [6.07, 6.45) is 1.56. The van der Waals surface area contributed by atoms with Crippen LogP contribution in [-0.2, 0) is 20.2 Å². The van der Waals surface area contributed by atoms with Gasteiger partial charge in [0, 0.05) is 22.5 Å². The Morgan fingerprint density at radius 1 is 1.06 bits per heavy atom. The van der Waals surface area contributed by atoms with E-state index in [4.69, 9.17) is 11.6 Å². The van der Waals surface area contributed by atoms with Crippen LogP contribution in [0.1, 0.15) is 24.8 Å². The molecule has 1 saturated carbocycles. The molecular formula is C23H20ClNO4S2. The molecule has 0 radical (unpaired) electrons. The molecule has 1 aromatic heterocycles. The summed E-state index contributed by atoms with van der Waals surface area (Å²) >= 11 is 7.11. The molecule has 2 fully saturated rings. The predicted octanol–water partition coefficient (Wildman–Crippen LogP) is 5.02. The van der Waals surface area contributed by atoms with E-state index < -0.39 is 26.9 Å². The molecule has 1 aliphatic heterocycles. The van der Waals surface area contributed by atoms with Gasteiger partial charge in [-0.15, -0.1) is 11.3 Å². The van der Waals surface area contributed by atoms with Crippen molar-refractivity contribution in [3.05, 3.63) is 76.6 Å². The lowest BCUT2D eigenvalue weighted by Crippen LogP contribution is -2.54. The Bertz CT molecular complexity index is 1260. The van der Waals surface area contributed by atoms with Gasteiger partial charge in [-0.1, -0.05) is 54.1 Å². The molecule has 2 atom stereocenters. The minimum atomic E-state index is -4.03. The van der Waals surface area contributed by atoms with E-state index in [1.807, 2.05) is 30.3 Å². The number of aliphatic carboxylic acids is 1. The number of piperidine rings is 1. The summed E-state index contributed by atoms with van der Waals surface area (Å²) in [5, 5.41) is 12.6. The Hall–Kier alpha value is -2.19. The fourth-order valence-corrected chi connectivity index (χ4v) is 8.57.